The lowest BCUT2D eigenvalue weighted by Crippen LogP contribution is -2.13. The Morgan fingerprint density at radius 1 is 1.35 bits per heavy atom. The van der Waals surface area contributed by atoms with Crippen molar-refractivity contribution in [3.8, 4) is 11.5 Å². The highest BCUT2D eigenvalue weighted by Crippen LogP contribution is 2.46. The van der Waals surface area contributed by atoms with Crippen LogP contribution in [0.1, 0.15) is 43.2 Å². The van der Waals surface area contributed by atoms with E-state index in [9.17, 15) is 4.79 Å². The van der Waals surface area contributed by atoms with Crippen molar-refractivity contribution in [2.75, 3.05) is 6.79 Å². The maximum Gasteiger partial charge on any atom is 0.271 e. The molecule has 7 heteroatoms. The lowest BCUT2D eigenvalue weighted by Gasteiger charge is -2.21. The molecule has 23 heavy (non-hydrogen) atoms. The van der Waals surface area contributed by atoms with E-state index in [1.807, 2.05) is 43.7 Å². The van der Waals surface area contributed by atoms with Crippen molar-refractivity contribution in [1.29, 1.82) is 0 Å². The van der Waals surface area contributed by atoms with Gasteiger partial charge in [0.1, 0.15) is 0 Å². The molecule has 0 radical (unpaired) electrons. The molecule has 1 N–H and O–H groups in total. The number of hydrogen-bond acceptors (Lipinski definition) is 5. The molecule has 0 saturated carbocycles. The van der Waals surface area contributed by atoms with Gasteiger partial charge in [0.2, 0.25) is 6.79 Å². The molecule has 0 saturated heterocycles. The van der Waals surface area contributed by atoms with Gasteiger partial charge in [0.15, 0.2) is 17.3 Å². The number of rotatable bonds is 2. The Morgan fingerprint density at radius 2 is 2.13 bits per heavy atom. The van der Waals surface area contributed by atoms with E-state index in [0.717, 1.165) is 27.9 Å². The van der Waals surface area contributed by atoms with Crippen LogP contribution in [0.5, 0.6) is 11.5 Å². The van der Waals surface area contributed by atoms with E-state index >= 15 is 0 Å². The molecule has 0 amide bonds. The normalized spacial score (nSPS) is 19.0. The molecule has 6 nitrogen and oxygen atoms in total. The summed E-state index contributed by atoms with van der Waals surface area (Å²) >= 11 is 1.59. The molecule has 1 atom stereocenters. The SMILES string of the molecule is CC1=Nc2c(c(=O)[nH]n2C(C)C)C(c2ccc3c(c2)OCO3)S1. The van der Waals surface area contributed by atoms with Crippen molar-refractivity contribution in [3.63, 3.8) is 0 Å². The number of H-pyrrole nitrogens is 1. The number of ether oxygens (including phenoxy) is 2. The molecule has 0 spiro atoms. The standard InChI is InChI=1S/C16H17N3O3S/c1-8(2)19-15-13(16(20)18-19)14(23-9(3)17-15)10-4-5-11-12(6-10)22-7-21-11/h4-6,8,14H,7H2,1-3H3,(H,18,20). The lowest BCUT2D eigenvalue weighted by atomic mass is 10.1. The van der Waals surface area contributed by atoms with Gasteiger partial charge < -0.3 is 9.47 Å². The number of nitrogens with zero attached hydrogens (tertiary/aromatic N) is 2. The van der Waals surface area contributed by atoms with Crippen molar-refractivity contribution in [2.45, 2.75) is 32.1 Å². The maximum atomic E-state index is 12.5. The Bertz CT molecular complexity index is 866. The van der Waals surface area contributed by atoms with Crippen LogP contribution in [-0.4, -0.2) is 21.6 Å². The molecule has 3 heterocycles. The van der Waals surface area contributed by atoms with Crippen LogP contribution in [0.3, 0.4) is 0 Å². The zero-order valence-corrected chi connectivity index (χ0v) is 13.9. The van der Waals surface area contributed by atoms with Crippen LogP contribution in [0.25, 0.3) is 0 Å². The predicted molar refractivity (Wildman–Crippen MR) is 90.2 cm³/mol. The summed E-state index contributed by atoms with van der Waals surface area (Å²) in [5.41, 5.74) is 1.63. The summed E-state index contributed by atoms with van der Waals surface area (Å²) in [5, 5.41) is 3.75. The molecule has 0 fully saturated rings. The van der Waals surface area contributed by atoms with Gasteiger partial charge in [0.05, 0.1) is 15.9 Å². The van der Waals surface area contributed by atoms with Crippen LogP contribution in [-0.2, 0) is 0 Å². The van der Waals surface area contributed by atoms with Crippen molar-refractivity contribution >= 4 is 22.6 Å². The molecule has 120 valence electrons. The molecule has 1 unspecified atom stereocenters. The lowest BCUT2D eigenvalue weighted by molar-refractivity contribution is 0.174. The van der Waals surface area contributed by atoms with Crippen molar-refractivity contribution in [1.82, 2.24) is 9.78 Å². The van der Waals surface area contributed by atoms with Crippen LogP contribution in [0.2, 0.25) is 0 Å². The van der Waals surface area contributed by atoms with Gasteiger partial charge in [0.25, 0.3) is 5.56 Å². The Labute approximate surface area is 137 Å². The van der Waals surface area contributed by atoms with Crippen LogP contribution < -0.4 is 15.0 Å². The van der Waals surface area contributed by atoms with E-state index in [1.165, 1.54) is 0 Å². The largest absolute Gasteiger partial charge is 0.454 e. The van der Waals surface area contributed by atoms with E-state index in [4.69, 9.17) is 9.47 Å². The third kappa shape index (κ3) is 2.26. The molecule has 0 bridgehead atoms. The van der Waals surface area contributed by atoms with Crippen LogP contribution >= 0.6 is 11.8 Å². The average molecular weight is 331 g/mol. The van der Waals surface area contributed by atoms with E-state index in [-0.39, 0.29) is 23.6 Å². The summed E-state index contributed by atoms with van der Waals surface area (Å²) in [4.78, 5) is 17.1. The first-order valence-corrected chi connectivity index (χ1v) is 8.38. The van der Waals surface area contributed by atoms with Crippen LogP contribution in [0.4, 0.5) is 5.82 Å². The first-order valence-electron chi connectivity index (χ1n) is 7.50. The fraction of sp³-hybridized carbons (Fsp3) is 0.375. The molecule has 1 aromatic heterocycles. The fourth-order valence-electron chi connectivity index (χ4n) is 2.89. The second-order valence-electron chi connectivity index (χ2n) is 5.88. The molecule has 4 rings (SSSR count). The highest BCUT2D eigenvalue weighted by Gasteiger charge is 2.31. The monoisotopic (exact) mass is 331 g/mol. The van der Waals surface area contributed by atoms with Crippen LogP contribution in [0.15, 0.2) is 28.0 Å². The second kappa shape index (κ2) is 5.19. The molecular weight excluding hydrogens is 314 g/mol. The smallest absolute Gasteiger partial charge is 0.271 e. The van der Waals surface area contributed by atoms with Gasteiger partial charge in [-0.3, -0.25) is 14.6 Å². The van der Waals surface area contributed by atoms with Gasteiger partial charge in [0, 0.05) is 6.04 Å². The van der Waals surface area contributed by atoms with Crippen molar-refractivity contribution in [2.24, 2.45) is 4.99 Å². The minimum absolute atomic E-state index is 0.0832. The van der Waals surface area contributed by atoms with Gasteiger partial charge in [-0.05, 0) is 38.5 Å². The van der Waals surface area contributed by atoms with Crippen LogP contribution in [0, 0.1) is 0 Å². The molecular formula is C16H17N3O3S. The number of aromatic nitrogens is 2. The van der Waals surface area contributed by atoms with Gasteiger partial charge in [-0.2, -0.15) is 0 Å². The Balaban J connectivity index is 1.86. The molecule has 0 aliphatic carbocycles. The third-order valence-corrected chi connectivity index (χ3v) is 5.14. The molecule has 2 aromatic rings. The van der Waals surface area contributed by atoms with E-state index in [2.05, 4.69) is 10.1 Å². The number of benzene rings is 1. The third-order valence-electron chi connectivity index (χ3n) is 3.97. The number of aromatic amines is 1. The Kier molecular flexibility index (Phi) is 3.26. The van der Waals surface area contributed by atoms with E-state index in [0.29, 0.717) is 5.56 Å². The Morgan fingerprint density at radius 3 is 2.91 bits per heavy atom. The zero-order chi connectivity index (χ0) is 16.1. The quantitative estimate of drug-likeness (QED) is 0.916. The number of aliphatic imine (C=N–C) groups is 1. The average Bonchev–Trinajstić information content (AvgIpc) is 3.10. The van der Waals surface area contributed by atoms with E-state index in [1.54, 1.807) is 11.8 Å². The molecule has 2 aliphatic rings. The summed E-state index contributed by atoms with van der Waals surface area (Å²) in [6, 6.07) is 5.98. The minimum atomic E-state index is -0.0965. The zero-order valence-electron chi connectivity index (χ0n) is 13.1. The second-order valence-corrected chi connectivity index (χ2v) is 7.18. The maximum absolute atomic E-state index is 12.5. The van der Waals surface area contributed by atoms with Crippen molar-refractivity contribution < 1.29 is 9.47 Å². The minimum Gasteiger partial charge on any atom is -0.454 e. The first kappa shape index (κ1) is 14.4. The summed E-state index contributed by atoms with van der Waals surface area (Å²) in [5.74, 6) is 2.20. The van der Waals surface area contributed by atoms with E-state index < -0.39 is 0 Å². The number of hydrogen-bond donors (Lipinski definition) is 1. The highest BCUT2D eigenvalue weighted by atomic mass is 32.2. The van der Waals surface area contributed by atoms with Gasteiger partial charge in [-0.25, -0.2) is 4.99 Å². The Hall–Kier alpha value is -2.15. The summed E-state index contributed by atoms with van der Waals surface area (Å²) in [6.07, 6.45) is 0. The predicted octanol–water partition coefficient (Wildman–Crippen LogP) is 3.37. The highest BCUT2D eigenvalue weighted by molar-refractivity contribution is 8.14. The first-order chi connectivity index (χ1) is 11.0. The topological polar surface area (TPSA) is 68.6 Å². The fourth-order valence-corrected chi connectivity index (χ4v) is 3.99. The van der Waals surface area contributed by atoms with Gasteiger partial charge >= 0.3 is 0 Å². The molecule has 2 aliphatic heterocycles. The summed E-state index contributed by atoms with van der Waals surface area (Å²) in [6.45, 7) is 6.26. The summed E-state index contributed by atoms with van der Waals surface area (Å²) in [7, 11) is 0. The number of fused-ring (bicyclic) bond motifs is 2. The number of nitrogens with one attached hydrogen (secondary N) is 1. The van der Waals surface area contributed by atoms with Gasteiger partial charge in [-0.1, -0.05) is 17.8 Å². The molecule has 1 aromatic carbocycles. The van der Waals surface area contributed by atoms with Crippen molar-refractivity contribution in [3.05, 3.63) is 39.7 Å². The summed E-state index contributed by atoms with van der Waals surface area (Å²) < 4.78 is 12.7. The number of thioether (sulfide) groups is 1. The van der Waals surface area contributed by atoms with Gasteiger partial charge in [-0.15, -0.1) is 0 Å².